The molecule has 0 fully saturated rings. The van der Waals surface area contributed by atoms with Crippen molar-refractivity contribution >= 4 is 22.8 Å². The summed E-state index contributed by atoms with van der Waals surface area (Å²) in [6.45, 7) is 0. The van der Waals surface area contributed by atoms with E-state index in [0.717, 1.165) is 25.3 Å². The minimum absolute atomic E-state index is 0.0384. The number of carboxylic acid groups (broad SMARTS) is 1. The van der Waals surface area contributed by atoms with Crippen molar-refractivity contribution in [3.05, 3.63) is 101 Å². The van der Waals surface area contributed by atoms with E-state index in [9.17, 15) is 22.8 Å². The van der Waals surface area contributed by atoms with Gasteiger partial charge in [0.05, 0.1) is 23.9 Å². The van der Waals surface area contributed by atoms with Crippen molar-refractivity contribution in [2.45, 2.75) is 19.3 Å². The number of esters is 1. The number of halogens is 4. The summed E-state index contributed by atoms with van der Waals surface area (Å²) in [4.78, 5) is 33.1. The van der Waals surface area contributed by atoms with Crippen LogP contribution in [0.3, 0.4) is 0 Å². The number of aliphatic carboxylic acids is 1. The summed E-state index contributed by atoms with van der Waals surface area (Å²) in [5.41, 5.74) is 0.210. The van der Waals surface area contributed by atoms with E-state index in [1.165, 1.54) is 30.5 Å². The number of methoxy groups -OCH3 is 1. The third-order valence-corrected chi connectivity index (χ3v) is 6.41. The number of aryl methyl sites for hydroxylation is 1. The Hall–Kier alpha value is -5.13. The largest absolute Gasteiger partial charge is 0.481 e. The van der Waals surface area contributed by atoms with Gasteiger partial charge in [-0.25, -0.2) is 27.3 Å². The Morgan fingerprint density at radius 3 is 2.51 bits per heavy atom. The third kappa shape index (κ3) is 5.49. The maximum absolute atomic E-state index is 15.1. The van der Waals surface area contributed by atoms with E-state index in [0.29, 0.717) is 0 Å². The standard InChI is InChI=1S/C29H21F4N3O5/c1-40-29(39)26-22(11-15-4-2-3-14(24(15)32)5-8-23(37)38)35-28(36-26)18-12-16(6-7-19(18)30)41-27-20(31)13-21-17(25(27)33)9-10-34-21/h2-4,6-7,9-10,12-13,34H,5,8,11H2,1H3,(H,35,36)(H,37,38). The summed E-state index contributed by atoms with van der Waals surface area (Å²) in [5, 5.41) is 9.02. The highest BCUT2D eigenvalue weighted by atomic mass is 19.1. The molecule has 0 radical (unpaired) electrons. The zero-order chi connectivity index (χ0) is 29.3. The number of ether oxygens (including phenoxy) is 2. The molecule has 0 aliphatic rings. The second-order valence-corrected chi connectivity index (χ2v) is 9.05. The number of hydrogen-bond donors (Lipinski definition) is 3. The van der Waals surface area contributed by atoms with E-state index < -0.39 is 41.0 Å². The van der Waals surface area contributed by atoms with Gasteiger partial charge in [0.2, 0.25) is 0 Å². The molecule has 0 spiro atoms. The van der Waals surface area contributed by atoms with Crippen LogP contribution in [0.4, 0.5) is 17.6 Å². The SMILES string of the molecule is COC(=O)c1nc(-c2cc(Oc3c(F)cc4[nH]ccc4c3F)ccc2F)[nH]c1Cc1cccc(CCC(=O)O)c1F. The molecule has 5 rings (SSSR count). The number of carbonyl (C=O) groups excluding carboxylic acids is 1. The Morgan fingerprint density at radius 2 is 1.76 bits per heavy atom. The van der Waals surface area contributed by atoms with Crippen LogP contribution < -0.4 is 4.74 Å². The van der Waals surface area contributed by atoms with E-state index in [4.69, 9.17) is 14.6 Å². The van der Waals surface area contributed by atoms with Gasteiger partial charge < -0.3 is 24.5 Å². The van der Waals surface area contributed by atoms with Crippen molar-refractivity contribution in [1.29, 1.82) is 0 Å². The summed E-state index contributed by atoms with van der Waals surface area (Å²) in [7, 11) is 1.12. The lowest BCUT2D eigenvalue weighted by atomic mass is 10.0. The summed E-state index contributed by atoms with van der Waals surface area (Å²) < 4.78 is 69.8. The molecule has 41 heavy (non-hydrogen) atoms. The fourth-order valence-electron chi connectivity index (χ4n) is 4.40. The molecule has 210 valence electrons. The Balaban J connectivity index is 1.50. The molecule has 0 aliphatic carbocycles. The molecule has 3 N–H and O–H groups in total. The molecule has 5 aromatic rings. The van der Waals surface area contributed by atoms with Crippen molar-refractivity contribution in [3.63, 3.8) is 0 Å². The van der Waals surface area contributed by atoms with E-state index >= 15 is 4.39 Å². The van der Waals surface area contributed by atoms with Crippen molar-refractivity contribution in [2.75, 3.05) is 7.11 Å². The smallest absolute Gasteiger partial charge is 0.358 e. The van der Waals surface area contributed by atoms with Crippen LogP contribution in [-0.2, 0) is 22.4 Å². The lowest BCUT2D eigenvalue weighted by molar-refractivity contribution is -0.136. The number of carboxylic acids is 1. The highest BCUT2D eigenvalue weighted by Crippen LogP contribution is 2.35. The summed E-state index contributed by atoms with van der Waals surface area (Å²) >= 11 is 0. The van der Waals surface area contributed by atoms with Crippen LogP contribution in [0.2, 0.25) is 0 Å². The molecule has 0 aliphatic heterocycles. The summed E-state index contributed by atoms with van der Waals surface area (Å²) in [5.74, 6) is -6.28. The molecule has 3 aromatic carbocycles. The van der Waals surface area contributed by atoms with E-state index in [2.05, 4.69) is 15.0 Å². The number of aromatic amines is 2. The summed E-state index contributed by atoms with van der Waals surface area (Å²) in [6.07, 6.45) is 0.948. The van der Waals surface area contributed by atoms with Gasteiger partial charge in [0.15, 0.2) is 23.1 Å². The second kappa shape index (κ2) is 11.2. The quantitative estimate of drug-likeness (QED) is 0.142. The van der Waals surface area contributed by atoms with Gasteiger partial charge in [-0.2, -0.15) is 0 Å². The number of aromatic nitrogens is 3. The Morgan fingerprint density at radius 1 is 0.976 bits per heavy atom. The van der Waals surface area contributed by atoms with Crippen LogP contribution in [0.25, 0.3) is 22.3 Å². The van der Waals surface area contributed by atoms with Gasteiger partial charge in [0.25, 0.3) is 0 Å². The molecule has 8 nitrogen and oxygen atoms in total. The molecule has 2 heterocycles. The molecule has 0 saturated carbocycles. The zero-order valence-corrected chi connectivity index (χ0v) is 21.4. The van der Waals surface area contributed by atoms with Crippen LogP contribution in [0.15, 0.2) is 54.7 Å². The lowest BCUT2D eigenvalue weighted by Gasteiger charge is -2.10. The first-order valence-corrected chi connectivity index (χ1v) is 12.2. The topological polar surface area (TPSA) is 117 Å². The van der Waals surface area contributed by atoms with Crippen LogP contribution in [0.5, 0.6) is 11.5 Å². The zero-order valence-electron chi connectivity index (χ0n) is 21.4. The molecule has 0 bridgehead atoms. The number of nitrogens with one attached hydrogen (secondary N) is 2. The monoisotopic (exact) mass is 567 g/mol. The maximum atomic E-state index is 15.1. The average molecular weight is 567 g/mol. The minimum atomic E-state index is -1.08. The molecule has 0 atom stereocenters. The number of carbonyl (C=O) groups is 2. The Kier molecular flexibility index (Phi) is 7.47. The van der Waals surface area contributed by atoms with Crippen molar-refractivity contribution in [1.82, 2.24) is 15.0 Å². The molecule has 0 saturated heterocycles. The summed E-state index contributed by atoms with van der Waals surface area (Å²) in [6, 6.07) is 10.3. The number of nitrogens with zero attached hydrogens (tertiary/aromatic N) is 1. The van der Waals surface area contributed by atoms with Gasteiger partial charge >= 0.3 is 11.9 Å². The third-order valence-electron chi connectivity index (χ3n) is 6.41. The predicted octanol–water partition coefficient (Wildman–Crippen LogP) is 6.30. The van der Waals surface area contributed by atoms with Crippen molar-refractivity contribution in [2.24, 2.45) is 0 Å². The molecular weight excluding hydrogens is 546 g/mol. The van der Waals surface area contributed by atoms with Crippen LogP contribution in [-0.4, -0.2) is 39.1 Å². The van der Waals surface area contributed by atoms with Crippen molar-refractivity contribution < 1.29 is 41.7 Å². The van der Waals surface area contributed by atoms with Crippen LogP contribution >= 0.6 is 0 Å². The Labute approximate surface area is 229 Å². The fraction of sp³-hybridized carbons (Fsp3) is 0.138. The normalized spacial score (nSPS) is 11.1. The van der Waals surface area contributed by atoms with Gasteiger partial charge in [-0.15, -0.1) is 0 Å². The van der Waals surface area contributed by atoms with E-state index in [-0.39, 0.29) is 69.8 Å². The van der Waals surface area contributed by atoms with Gasteiger partial charge in [-0.1, -0.05) is 18.2 Å². The van der Waals surface area contributed by atoms with Crippen molar-refractivity contribution in [3.8, 4) is 22.9 Å². The van der Waals surface area contributed by atoms with E-state index in [1.807, 2.05) is 0 Å². The molecule has 0 unspecified atom stereocenters. The van der Waals surface area contributed by atoms with Gasteiger partial charge in [-0.05, 0) is 41.8 Å². The highest BCUT2D eigenvalue weighted by molar-refractivity contribution is 5.89. The molecule has 0 amide bonds. The average Bonchev–Trinajstić information content (AvgIpc) is 3.59. The van der Waals surface area contributed by atoms with E-state index in [1.54, 1.807) is 6.07 Å². The number of imidazole rings is 1. The first kappa shape index (κ1) is 27.4. The first-order valence-electron chi connectivity index (χ1n) is 12.2. The predicted molar refractivity (Wildman–Crippen MR) is 139 cm³/mol. The second-order valence-electron chi connectivity index (χ2n) is 9.05. The first-order chi connectivity index (χ1) is 19.7. The molecule has 2 aromatic heterocycles. The highest BCUT2D eigenvalue weighted by Gasteiger charge is 2.23. The lowest BCUT2D eigenvalue weighted by Crippen LogP contribution is -2.07. The van der Waals surface area contributed by atoms with Crippen LogP contribution in [0.1, 0.15) is 33.7 Å². The number of hydrogen-bond acceptors (Lipinski definition) is 5. The Bertz CT molecular complexity index is 1800. The number of benzene rings is 3. The number of H-pyrrole nitrogens is 2. The number of rotatable bonds is 9. The molecular formula is C29H21F4N3O5. The molecule has 12 heteroatoms. The maximum Gasteiger partial charge on any atom is 0.358 e. The van der Waals surface area contributed by atoms with Crippen LogP contribution in [0, 0.1) is 23.3 Å². The number of fused-ring (bicyclic) bond motifs is 1. The van der Waals surface area contributed by atoms with Gasteiger partial charge in [0.1, 0.15) is 23.2 Å². The van der Waals surface area contributed by atoms with Gasteiger partial charge in [-0.3, -0.25) is 4.79 Å². The minimum Gasteiger partial charge on any atom is -0.481 e. The van der Waals surface area contributed by atoms with Gasteiger partial charge in [0, 0.05) is 30.5 Å². The fourth-order valence-corrected chi connectivity index (χ4v) is 4.40.